The molecule has 0 radical (unpaired) electrons. The van der Waals surface area contributed by atoms with Crippen LogP contribution in [0.4, 0.5) is 5.69 Å². The number of Topliss-reactive ketones (excluding diaryl/α,β-unsaturated/α-hetero) is 1. The third kappa shape index (κ3) is 4.30. The first-order chi connectivity index (χ1) is 11.1. The third-order valence-electron chi connectivity index (χ3n) is 3.39. The van der Waals surface area contributed by atoms with Crippen LogP contribution in [0.25, 0.3) is 0 Å². The molecule has 1 N–H and O–H groups in total. The smallest absolute Gasteiger partial charge is 0.190 e. The summed E-state index contributed by atoms with van der Waals surface area (Å²) >= 11 is 1.39. The molecule has 2 aromatic rings. The number of aliphatic hydroxyl groups is 1. The predicted octanol–water partition coefficient (Wildman–Crippen LogP) is 3.07. The number of hydrogen-bond donors (Lipinski definition) is 1. The molecular formula is C17H22N2O3S. The maximum atomic E-state index is 11.8. The van der Waals surface area contributed by atoms with Gasteiger partial charge in [0.25, 0.3) is 0 Å². The Balaban J connectivity index is 2.43. The molecule has 1 heterocycles. The summed E-state index contributed by atoms with van der Waals surface area (Å²) in [4.78, 5) is 17.9. The van der Waals surface area contributed by atoms with Crippen molar-refractivity contribution in [2.24, 2.45) is 4.99 Å². The number of nitrogens with zero attached hydrogens (tertiary/aromatic N) is 2. The number of hydrogen-bond acceptors (Lipinski definition) is 5. The Bertz CT molecular complexity index is 729. The first-order valence-corrected chi connectivity index (χ1v) is 8.48. The minimum atomic E-state index is 0.0402. The van der Waals surface area contributed by atoms with E-state index in [0.717, 1.165) is 21.9 Å². The summed E-state index contributed by atoms with van der Waals surface area (Å²) in [7, 11) is 0. The molecule has 0 amide bonds. The Labute approximate surface area is 139 Å². The van der Waals surface area contributed by atoms with E-state index in [9.17, 15) is 4.79 Å². The molecule has 0 aliphatic rings. The van der Waals surface area contributed by atoms with Crippen LogP contribution in [-0.4, -0.2) is 28.7 Å². The van der Waals surface area contributed by atoms with Crippen molar-refractivity contribution in [2.75, 3.05) is 13.2 Å². The summed E-state index contributed by atoms with van der Waals surface area (Å²) in [5, 5.41) is 9.07. The van der Waals surface area contributed by atoms with Gasteiger partial charge in [-0.2, -0.15) is 0 Å². The van der Waals surface area contributed by atoms with Gasteiger partial charge in [-0.25, -0.2) is 4.99 Å². The van der Waals surface area contributed by atoms with Crippen LogP contribution in [0.1, 0.15) is 35.6 Å². The number of aromatic nitrogens is 1. The highest BCUT2D eigenvalue weighted by Gasteiger charge is 2.13. The number of ketones is 1. The van der Waals surface area contributed by atoms with Gasteiger partial charge in [-0.05, 0) is 44.5 Å². The third-order valence-corrected chi connectivity index (χ3v) is 4.67. The van der Waals surface area contributed by atoms with Crippen LogP contribution in [-0.2, 0) is 6.54 Å². The zero-order valence-corrected chi connectivity index (χ0v) is 14.5. The van der Waals surface area contributed by atoms with Gasteiger partial charge in [0, 0.05) is 25.8 Å². The van der Waals surface area contributed by atoms with Crippen molar-refractivity contribution < 1.29 is 14.6 Å². The van der Waals surface area contributed by atoms with Gasteiger partial charge in [0.2, 0.25) is 0 Å². The molecule has 23 heavy (non-hydrogen) atoms. The first kappa shape index (κ1) is 17.4. The second kappa shape index (κ2) is 8.08. The van der Waals surface area contributed by atoms with E-state index in [0.29, 0.717) is 24.4 Å². The number of rotatable bonds is 7. The van der Waals surface area contributed by atoms with Gasteiger partial charge in [0.15, 0.2) is 10.6 Å². The van der Waals surface area contributed by atoms with Gasteiger partial charge < -0.3 is 14.4 Å². The Kier molecular flexibility index (Phi) is 6.12. The lowest BCUT2D eigenvalue weighted by molar-refractivity contribution is 0.102. The maximum absolute atomic E-state index is 11.8. The van der Waals surface area contributed by atoms with E-state index in [4.69, 9.17) is 9.84 Å². The molecule has 2 rings (SSSR count). The summed E-state index contributed by atoms with van der Waals surface area (Å²) < 4.78 is 7.42. The van der Waals surface area contributed by atoms with Gasteiger partial charge in [-0.1, -0.05) is 11.3 Å². The number of aliphatic hydroxyl groups excluding tert-OH is 1. The summed E-state index contributed by atoms with van der Waals surface area (Å²) in [6.07, 6.45) is 0.630. The highest BCUT2D eigenvalue weighted by Crippen LogP contribution is 2.19. The Morgan fingerprint density at radius 3 is 2.61 bits per heavy atom. The van der Waals surface area contributed by atoms with E-state index < -0.39 is 0 Å². The maximum Gasteiger partial charge on any atom is 0.190 e. The molecule has 0 bridgehead atoms. The zero-order chi connectivity index (χ0) is 16.8. The van der Waals surface area contributed by atoms with Crippen LogP contribution in [0.15, 0.2) is 29.3 Å². The number of thiazole rings is 1. The molecule has 0 saturated carbocycles. The lowest BCUT2D eigenvalue weighted by Crippen LogP contribution is -2.17. The Morgan fingerprint density at radius 1 is 1.35 bits per heavy atom. The molecule has 0 saturated heterocycles. The topological polar surface area (TPSA) is 63.8 Å². The van der Waals surface area contributed by atoms with Crippen LogP contribution < -0.4 is 9.54 Å². The highest BCUT2D eigenvalue weighted by atomic mass is 32.1. The van der Waals surface area contributed by atoms with Crippen molar-refractivity contribution >= 4 is 22.8 Å². The summed E-state index contributed by atoms with van der Waals surface area (Å²) in [6, 6.07) is 7.55. The average Bonchev–Trinajstić information content (AvgIpc) is 2.84. The van der Waals surface area contributed by atoms with Crippen molar-refractivity contribution in [1.82, 2.24) is 4.57 Å². The Morgan fingerprint density at radius 2 is 2.04 bits per heavy atom. The minimum Gasteiger partial charge on any atom is -0.494 e. The van der Waals surface area contributed by atoms with Crippen LogP contribution in [0, 0.1) is 6.92 Å². The molecule has 5 nitrogen and oxygen atoms in total. The SMILES string of the molecule is CCOc1ccc(N=c2sc(C(C)=O)c(C)n2CCCO)cc1. The number of benzene rings is 1. The van der Waals surface area contributed by atoms with Gasteiger partial charge in [-0.15, -0.1) is 0 Å². The van der Waals surface area contributed by atoms with Crippen molar-refractivity contribution in [2.45, 2.75) is 33.7 Å². The van der Waals surface area contributed by atoms with Gasteiger partial charge in [-0.3, -0.25) is 4.79 Å². The summed E-state index contributed by atoms with van der Waals surface area (Å²) in [5.41, 5.74) is 1.71. The van der Waals surface area contributed by atoms with E-state index >= 15 is 0 Å². The Hall–Kier alpha value is -1.92. The fourth-order valence-electron chi connectivity index (χ4n) is 2.28. The normalized spacial score (nSPS) is 11.7. The van der Waals surface area contributed by atoms with E-state index in [1.807, 2.05) is 42.7 Å². The number of carbonyl (C=O) groups is 1. The fourth-order valence-corrected chi connectivity index (χ4v) is 3.36. The molecule has 0 aliphatic heterocycles. The predicted molar refractivity (Wildman–Crippen MR) is 91.6 cm³/mol. The average molecular weight is 334 g/mol. The van der Waals surface area contributed by atoms with Crippen molar-refractivity contribution in [1.29, 1.82) is 0 Å². The standard InChI is InChI=1S/C17H22N2O3S/c1-4-22-15-8-6-14(7-9-15)18-17-19(10-5-11-20)12(2)16(23-17)13(3)21/h6-9,20H,4-5,10-11H2,1-3H3. The molecule has 6 heteroatoms. The number of carbonyl (C=O) groups excluding carboxylic acids is 1. The quantitative estimate of drug-likeness (QED) is 0.792. The van der Waals surface area contributed by atoms with Crippen molar-refractivity contribution in [3.63, 3.8) is 0 Å². The van der Waals surface area contributed by atoms with Gasteiger partial charge in [0.05, 0.1) is 17.2 Å². The van der Waals surface area contributed by atoms with Crippen LogP contribution in [0.2, 0.25) is 0 Å². The molecule has 1 aromatic carbocycles. The molecule has 0 aliphatic carbocycles. The van der Waals surface area contributed by atoms with Crippen LogP contribution in [0.5, 0.6) is 5.75 Å². The largest absolute Gasteiger partial charge is 0.494 e. The number of ether oxygens (including phenoxy) is 1. The van der Waals surface area contributed by atoms with E-state index in [1.165, 1.54) is 11.3 Å². The van der Waals surface area contributed by atoms with Crippen molar-refractivity contribution in [3.8, 4) is 5.75 Å². The molecule has 1 aromatic heterocycles. The van der Waals surface area contributed by atoms with Crippen LogP contribution >= 0.6 is 11.3 Å². The molecule has 0 fully saturated rings. The second-order valence-corrected chi connectivity index (χ2v) is 6.10. The van der Waals surface area contributed by atoms with E-state index in [1.54, 1.807) is 6.92 Å². The lowest BCUT2D eigenvalue weighted by atomic mass is 10.3. The summed E-state index contributed by atoms with van der Waals surface area (Å²) in [5.74, 6) is 0.852. The molecular weight excluding hydrogens is 312 g/mol. The lowest BCUT2D eigenvalue weighted by Gasteiger charge is -2.05. The molecule has 0 unspecified atom stereocenters. The van der Waals surface area contributed by atoms with Gasteiger partial charge >= 0.3 is 0 Å². The molecule has 124 valence electrons. The van der Waals surface area contributed by atoms with Crippen LogP contribution in [0.3, 0.4) is 0 Å². The molecule has 0 spiro atoms. The van der Waals surface area contributed by atoms with E-state index in [-0.39, 0.29) is 12.4 Å². The van der Waals surface area contributed by atoms with Gasteiger partial charge in [0.1, 0.15) is 5.75 Å². The monoisotopic (exact) mass is 334 g/mol. The van der Waals surface area contributed by atoms with E-state index in [2.05, 4.69) is 4.99 Å². The fraction of sp³-hybridized carbons (Fsp3) is 0.412. The van der Waals surface area contributed by atoms with Crippen molar-refractivity contribution in [3.05, 3.63) is 39.6 Å². The zero-order valence-electron chi connectivity index (χ0n) is 13.7. The summed E-state index contributed by atoms with van der Waals surface area (Å²) in [6.45, 7) is 6.81. The molecule has 0 atom stereocenters. The highest BCUT2D eigenvalue weighted by molar-refractivity contribution is 7.11. The first-order valence-electron chi connectivity index (χ1n) is 7.66. The minimum absolute atomic E-state index is 0.0402. The second-order valence-electron chi connectivity index (χ2n) is 5.12.